The number of carboxylic acids is 1. The van der Waals surface area contributed by atoms with Gasteiger partial charge >= 0.3 is 5.97 Å². The van der Waals surface area contributed by atoms with Crippen LogP contribution in [0.3, 0.4) is 0 Å². The molecule has 0 saturated heterocycles. The van der Waals surface area contributed by atoms with Crippen molar-refractivity contribution >= 4 is 23.3 Å². The third-order valence-corrected chi connectivity index (χ3v) is 2.84. The van der Waals surface area contributed by atoms with E-state index in [1.807, 2.05) is 24.3 Å². The first-order chi connectivity index (χ1) is 8.56. The number of hydrogen-bond donors (Lipinski definition) is 2. The van der Waals surface area contributed by atoms with Crippen LogP contribution < -0.4 is 5.73 Å². The van der Waals surface area contributed by atoms with Gasteiger partial charge in [0.2, 0.25) is 0 Å². The van der Waals surface area contributed by atoms with E-state index in [1.165, 1.54) is 0 Å². The number of anilines is 1. The van der Waals surface area contributed by atoms with Gasteiger partial charge in [-0.2, -0.15) is 0 Å². The number of nitrogens with two attached hydrogens (primary N) is 1. The minimum absolute atomic E-state index is 0.0278. The van der Waals surface area contributed by atoms with Crippen molar-refractivity contribution in [2.45, 2.75) is 6.42 Å². The molecule has 0 bridgehead atoms. The summed E-state index contributed by atoms with van der Waals surface area (Å²) in [7, 11) is 0. The highest BCUT2D eigenvalue weighted by Crippen LogP contribution is 2.28. The Morgan fingerprint density at radius 1 is 1.22 bits per heavy atom. The van der Waals surface area contributed by atoms with Gasteiger partial charge in [-0.1, -0.05) is 35.9 Å². The Morgan fingerprint density at radius 2 is 2.00 bits per heavy atom. The summed E-state index contributed by atoms with van der Waals surface area (Å²) >= 11 is 5.93. The van der Waals surface area contributed by atoms with E-state index in [9.17, 15) is 4.79 Å². The summed E-state index contributed by atoms with van der Waals surface area (Å²) < 4.78 is 0. The molecule has 0 amide bonds. The van der Waals surface area contributed by atoms with Crippen LogP contribution in [0.1, 0.15) is 5.56 Å². The molecule has 4 heteroatoms. The molecule has 0 fully saturated rings. The standard InChI is InChI=1S/C14H12ClNO2/c15-11-3-1-2-10(8-11)12-5-4-9(6-13(12)16)7-14(17)18/h1-6,8H,7,16H2,(H,17,18). The van der Waals surface area contributed by atoms with Crippen LogP contribution in [0, 0.1) is 0 Å². The fourth-order valence-corrected chi connectivity index (χ4v) is 2.01. The third kappa shape index (κ3) is 2.81. The minimum Gasteiger partial charge on any atom is -0.481 e. The van der Waals surface area contributed by atoms with Crippen LogP contribution in [-0.2, 0) is 11.2 Å². The Morgan fingerprint density at radius 3 is 2.61 bits per heavy atom. The molecule has 0 unspecified atom stereocenters. The number of rotatable bonds is 3. The van der Waals surface area contributed by atoms with Gasteiger partial charge in [0.15, 0.2) is 0 Å². The van der Waals surface area contributed by atoms with E-state index in [4.69, 9.17) is 22.4 Å². The summed E-state index contributed by atoms with van der Waals surface area (Å²) in [6.45, 7) is 0. The van der Waals surface area contributed by atoms with Gasteiger partial charge in [-0.3, -0.25) is 4.79 Å². The maximum atomic E-state index is 10.6. The number of nitrogen functional groups attached to an aromatic ring is 1. The number of carboxylic acid groups (broad SMARTS) is 1. The zero-order valence-electron chi connectivity index (χ0n) is 9.56. The molecule has 0 radical (unpaired) electrons. The first-order valence-electron chi connectivity index (χ1n) is 5.42. The normalized spacial score (nSPS) is 10.3. The van der Waals surface area contributed by atoms with Crippen LogP contribution in [0.15, 0.2) is 42.5 Å². The highest BCUT2D eigenvalue weighted by atomic mass is 35.5. The molecule has 0 heterocycles. The Hall–Kier alpha value is -2.00. The van der Waals surface area contributed by atoms with E-state index in [0.717, 1.165) is 11.1 Å². The number of halogens is 1. The summed E-state index contributed by atoms with van der Waals surface area (Å²) in [4.78, 5) is 10.6. The van der Waals surface area contributed by atoms with Gasteiger partial charge in [-0.25, -0.2) is 0 Å². The molecule has 0 saturated carbocycles. The number of benzene rings is 2. The van der Waals surface area contributed by atoms with Gasteiger partial charge in [-0.05, 0) is 29.3 Å². The van der Waals surface area contributed by atoms with E-state index in [2.05, 4.69) is 0 Å². The highest BCUT2D eigenvalue weighted by Gasteiger charge is 2.06. The molecule has 2 aromatic rings. The molecule has 0 aliphatic carbocycles. The smallest absolute Gasteiger partial charge is 0.307 e. The summed E-state index contributed by atoms with van der Waals surface area (Å²) in [5.41, 5.74) is 8.95. The second kappa shape index (κ2) is 5.10. The molecule has 0 aromatic heterocycles. The summed E-state index contributed by atoms with van der Waals surface area (Å²) in [5, 5.41) is 9.36. The second-order valence-electron chi connectivity index (χ2n) is 4.00. The van der Waals surface area contributed by atoms with Crippen molar-refractivity contribution < 1.29 is 9.90 Å². The van der Waals surface area contributed by atoms with E-state index in [0.29, 0.717) is 16.3 Å². The van der Waals surface area contributed by atoms with Crippen molar-refractivity contribution in [3.05, 3.63) is 53.1 Å². The molecular formula is C14H12ClNO2. The van der Waals surface area contributed by atoms with Crippen molar-refractivity contribution in [3.63, 3.8) is 0 Å². The lowest BCUT2D eigenvalue weighted by Gasteiger charge is -2.08. The van der Waals surface area contributed by atoms with Gasteiger partial charge in [0.25, 0.3) is 0 Å². The number of carbonyl (C=O) groups is 1. The third-order valence-electron chi connectivity index (χ3n) is 2.61. The molecule has 2 rings (SSSR count). The van der Waals surface area contributed by atoms with Crippen molar-refractivity contribution in [2.24, 2.45) is 0 Å². The monoisotopic (exact) mass is 261 g/mol. The molecule has 3 nitrogen and oxygen atoms in total. The van der Waals surface area contributed by atoms with Crippen LogP contribution in [0.2, 0.25) is 5.02 Å². The number of aliphatic carboxylic acids is 1. The van der Waals surface area contributed by atoms with Crippen LogP contribution in [0.5, 0.6) is 0 Å². The zero-order chi connectivity index (χ0) is 13.1. The van der Waals surface area contributed by atoms with E-state index < -0.39 is 5.97 Å². The molecule has 0 aliphatic heterocycles. The highest BCUT2D eigenvalue weighted by molar-refractivity contribution is 6.30. The Balaban J connectivity index is 2.38. The van der Waals surface area contributed by atoms with Crippen LogP contribution >= 0.6 is 11.6 Å². The minimum atomic E-state index is -0.870. The predicted octanol–water partition coefficient (Wildman–Crippen LogP) is 3.22. The summed E-state index contributed by atoms with van der Waals surface area (Å²) in [5.74, 6) is -0.870. The largest absolute Gasteiger partial charge is 0.481 e. The van der Waals surface area contributed by atoms with E-state index in [1.54, 1.807) is 18.2 Å². The maximum absolute atomic E-state index is 10.6. The molecule has 0 atom stereocenters. The Bertz CT molecular complexity index is 596. The van der Waals surface area contributed by atoms with E-state index >= 15 is 0 Å². The van der Waals surface area contributed by atoms with Crippen LogP contribution in [0.25, 0.3) is 11.1 Å². The van der Waals surface area contributed by atoms with Crippen molar-refractivity contribution in [1.82, 2.24) is 0 Å². The lowest BCUT2D eigenvalue weighted by atomic mass is 10.0. The van der Waals surface area contributed by atoms with Gasteiger partial charge in [0, 0.05) is 16.3 Å². The van der Waals surface area contributed by atoms with Crippen molar-refractivity contribution in [2.75, 3.05) is 5.73 Å². The van der Waals surface area contributed by atoms with Crippen LogP contribution in [-0.4, -0.2) is 11.1 Å². The van der Waals surface area contributed by atoms with Gasteiger partial charge in [-0.15, -0.1) is 0 Å². The molecule has 0 spiro atoms. The van der Waals surface area contributed by atoms with Crippen molar-refractivity contribution in [1.29, 1.82) is 0 Å². The van der Waals surface area contributed by atoms with Gasteiger partial charge in [0.1, 0.15) is 0 Å². The first-order valence-corrected chi connectivity index (χ1v) is 5.80. The number of hydrogen-bond acceptors (Lipinski definition) is 2. The predicted molar refractivity (Wildman–Crippen MR) is 72.6 cm³/mol. The van der Waals surface area contributed by atoms with Gasteiger partial charge < -0.3 is 10.8 Å². The van der Waals surface area contributed by atoms with Crippen LogP contribution in [0.4, 0.5) is 5.69 Å². The maximum Gasteiger partial charge on any atom is 0.307 e. The molecule has 0 aliphatic rings. The Labute approximate surface area is 110 Å². The Kier molecular flexibility index (Phi) is 3.53. The SMILES string of the molecule is Nc1cc(CC(=O)O)ccc1-c1cccc(Cl)c1. The fraction of sp³-hybridized carbons (Fsp3) is 0.0714. The van der Waals surface area contributed by atoms with E-state index in [-0.39, 0.29) is 6.42 Å². The van der Waals surface area contributed by atoms with Gasteiger partial charge in [0.05, 0.1) is 6.42 Å². The topological polar surface area (TPSA) is 63.3 Å². The molecule has 2 aromatic carbocycles. The summed E-state index contributed by atoms with van der Waals surface area (Å²) in [6.07, 6.45) is -0.0278. The first kappa shape index (κ1) is 12.5. The molecule has 3 N–H and O–H groups in total. The summed E-state index contributed by atoms with van der Waals surface area (Å²) in [6, 6.07) is 12.6. The lowest BCUT2D eigenvalue weighted by Crippen LogP contribution is -2.01. The molecule has 18 heavy (non-hydrogen) atoms. The second-order valence-corrected chi connectivity index (χ2v) is 4.44. The average Bonchev–Trinajstić information content (AvgIpc) is 2.28. The molecule has 92 valence electrons. The zero-order valence-corrected chi connectivity index (χ0v) is 10.3. The molecular weight excluding hydrogens is 250 g/mol. The fourth-order valence-electron chi connectivity index (χ4n) is 1.82. The quantitative estimate of drug-likeness (QED) is 0.834. The average molecular weight is 262 g/mol. The lowest BCUT2D eigenvalue weighted by molar-refractivity contribution is -0.136. The van der Waals surface area contributed by atoms with Crippen molar-refractivity contribution in [3.8, 4) is 11.1 Å².